The van der Waals surface area contributed by atoms with E-state index in [9.17, 15) is 5.11 Å². The number of phenolic OH excluding ortho intramolecular Hbond substituents is 1. The molecule has 3 aromatic rings. The van der Waals surface area contributed by atoms with Gasteiger partial charge in [0.2, 0.25) is 0 Å². The highest BCUT2D eigenvalue weighted by Gasteiger charge is 2.23. The minimum Gasteiger partial charge on any atom is -0.508 e. The van der Waals surface area contributed by atoms with Gasteiger partial charge in [0.05, 0.1) is 5.92 Å². The summed E-state index contributed by atoms with van der Waals surface area (Å²) in [5.41, 5.74) is 8.40. The van der Waals surface area contributed by atoms with Crippen LogP contribution in [0.15, 0.2) is 36.4 Å². The zero-order valence-electron chi connectivity index (χ0n) is 13.5. The van der Waals surface area contributed by atoms with Gasteiger partial charge < -0.3 is 15.1 Å². The summed E-state index contributed by atoms with van der Waals surface area (Å²) in [6, 6.07) is 11.8. The largest absolute Gasteiger partial charge is 0.508 e. The van der Waals surface area contributed by atoms with Crippen molar-refractivity contribution in [3.8, 4) is 5.75 Å². The highest BCUT2D eigenvalue weighted by molar-refractivity contribution is 5.46. The van der Waals surface area contributed by atoms with Crippen molar-refractivity contribution in [3.05, 3.63) is 75.9 Å². The SMILES string of the molecule is Cc1cc(C)c(C(c2ccc(O)cc2)c2[nH]c(C)cc2C)[nH]1. The van der Waals surface area contributed by atoms with Gasteiger partial charge in [-0.25, -0.2) is 0 Å². The fourth-order valence-corrected chi connectivity index (χ4v) is 3.24. The third kappa shape index (κ3) is 2.54. The molecule has 114 valence electrons. The van der Waals surface area contributed by atoms with Gasteiger partial charge in [0.25, 0.3) is 0 Å². The lowest BCUT2D eigenvalue weighted by Crippen LogP contribution is -2.07. The first kappa shape index (κ1) is 14.5. The predicted molar refractivity (Wildman–Crippen MR) is 89.6 cm³/mol. The Hall–Kier alpha value is -2.42. The molecule has 0 aliphatic carbocycles. The van der Waals surface area contributed by atoms with Gasteiger partial charge in [0.1, 0.15) is 5.75 Å². The van der Waals surface area contributed by atoms with E-state index in [2.05, 4.69) is 49.8 Å². The van der Waals surface area contributed by atoms with Gasteiger partial charge in [0.15, 0.2) is 0 Å². The van der Waals surface area contributed by atoms with Crippen molar-refractivity contribution < 1.29 is 5.11 Å². The molecule has 0 saturated heterocycles. The van der Waals surface area contributed by atoms with Crippen LogP contribution in [0.1, 0.15) is 45.4 Å². The Bertz CT molecular complexity index is 747. The number of aromatic hydroxyl groups is 1. The van der Waals surface area contributed by atoms with Crippen molar-refractivity contribution in [1.29, 1.82) is 0 Å². The Morgan fingerprint density at radius 2 is 1.23 bits per heavy atom. The molecule has 0 fully saturated rings. The van der Waals surface area contributed by atoms with Crippen molar-refractivity contribution in [2.75, 3.05) is 0 Å². The lowest BCUT2D eigenvalue weighted by molar-refractivity contribution is 0.475. The summed E-state index contributed by atoms with van der Waals surface area (Å²) >= 11 is 0. The lowest BCUT2D eigenvalue weighted by atomic mass is 9.89. The zero-order chi connectivity index (χ0) is 15.9. The molecule has 0 aliphatic heterocycles. The Morgan fingerprint density at radius 3 is 1.59 bits per heavy atom. The Morgan fingerprint density at radius 1 is 0.773 bits per heavy atom. The first-order valence-electron chi connectivity index (χ1n) is 7.57. The molecule has 0 radical (unpaired) electrons. The first-order chi connectivity index (χ1) is 10.5. The summed E-state index contributed by atoms with van der Waals surface area (Å²) in [6.45, 7) is 8.43. The average molecular weight is 294 g/mol. The van der Waals surface area contributed by atoms with Gasteiger partial charge in [-0.2, -0.15) is 0 Å². The Balaban J connectivity index is 2.20. The van der Waals surface area contributed by atoms with Gasteiger partial charge in [-0.05, 0) is 68.7 Å². The molecule has 22 heavy (non-hydrogen) atoms. The number of phenols is 1. The zero-order valence-corrected chi connectivity index (χ0v) is 13.5. The van der Waals surface area contributed by atoms with E-state index in [1.807, 2.05) is 12.1 Å². The van der Waals surface area contributed by atoms with Crippen LogP contribution in [0.3, 0.4) is 0 Å². The number of hydrogen-bond acceptors (Lipinski definition) is 1. The van der Waals surface area contributed by atoms with Crippen LogP contribution in [0.2, 0.25) is 0 Å². The number of benzene rings is 1. The van der Waals surface area contributed by atoms with Gasteiger partial charge in [-0.15, -0.1) is 0 Å². The highest BCUT2D eigenvalue weighted by Crippen LogP contribution is 2.35. The van der Waals surface area contributed by atoms with Crippen LogP contribution in [0.4, 0.5) is 0 Å². The van der Waals surface area contributed by atoms with Crippen molar-refractivity contribution in [2.45, 2.75) is 33.6 Å². The highest BCUT2D eigenvalue weighted by atomic mass is 16.3. The maximum absolute atomic E-state index is 9.58. The van der Waals surface area contributed by atoms with E-state index in [1.54, 1.807) is 12.1 Å². The summed E-state index contributed by atoms with van der Waals surface area (Å²) in [7, 11) is 0. The number of aryl methyl sites for hydroxylation is 4. The van der Waals surface area contributed by atoms with Crippen LogP contribution < -0.4 is 0 Å². The van der Waals surface area contributed by atoms with Crippen LogP contribution in [0.25, 0.3) is 0 Å². The molecular weight excluding hydrogens is 272 g/mol. The number of hydrogen-bond donors (Lipinski definition) is 3. The third-order valence-corrected chi connectivity index (χ3v) is 4.18. The fourth-order valence-electron chi connectivity index (χ4n) is 3.24. The quantitative estimate of drug-likeness (QED) is 0.656. The van der Waals surface area contributed by atoms with Crippen LogP contribution in [0, 0.1) is 27.7 Å². The van der Waals surface area contributed by atoms with E-state index in [0.717, 1.165) is 17.0 Å². The molecule has 3 N–H and O–H groups in total. The molecule has 0 saturated carbocycles. The lowest BCUT2D eigenvalue weighted by Gasteiger charge is -2.18. The standard InChI is InChI=1S/C19H22N2O/c1-11-9-13(3)20-18(11)17(15-5-7-16(22)8-6-15)19-12(2)10-14(4)21-19/h5-10,17,20-22H,1-4H3. The molecule has 2 aromatic heterocycles. The van der Waals surface area contributed by atoms with Crippen molar-refractivity contribution in [1.82, 2.24) is 9.97 Å². The summed E-state index contributed by atoms with van der Waals surface area (Å²) in [5.74, 6) is 0.407. The number of aromatic nitrogens is 2. The van der Waals surface area contributed by atoms with E-state index in [4.69, 9.17) is 0 Å². The second-order valence-electron chi connectivity index (χ2n) is 6.12. The maximum atomic E-state index is 9.58. The van der Waals surface area contributed by atoms with Crippen molar-refractivity contribution >= 4 is 0 Å². The molecule has 0 spiro atoms. The molecule has 3 heteroatoms. The molecule has 0 amide bonds. The molecule has 0 bridgehead atoms. The topological polar surface area (TPSA) is 51.8 Å². The number of rotatable bonds is 3. The van der Waals surface area contributed by atoms with E-state index in [-0.39, 0.29) is 5.92 Å². The van der Waals surface area contributed by atoms with E-state index in [0.29, 0.717) is 5.75 Å². The minimum atomic E-state index is 0.114. The smallest absolute Gasteiger partial charge is 0.115 e. The van der Waals surface area contributed by atoms with Crippen LogP contribution in [-0.4, -0.2) is 15.1 Å². The van der Waals surface area contributed by atoms with E-state index >= 15 is 0 Å². The molecule has 0 aliphatic rings. The van der Waals surface area contributed by atoms with Crippen LogP contribution >= 0.6 is 0 Å². The summed E-state index contributed by atoms with van der Waals surface area (Å²) in [4.78, 5) is 7.02. The van der Waals surface area contributed by atoms with Crippen molar-refractivity contribution in [2.24, 2.45) is 0 Å². The molecular formula is C19H22N2O. The minimum absolute atomic E-state index is 0.114. The molecule has 2 heterocycles. The normalized spacial score (nSPS) is 11.3. The molecule has 0 atom stereocenters. The van der Waals surface area contributed by atoms with Gasteiger partial charge in [0, 0.05) is 22.8 Å². The molecule has 1 aromatic carbocycles. The number of aromatic amines is 2. The van der Waals surface area contributed by atoms with Gasteiger partial charge in [-0.3, -0.25) is 0 Å². The number of nitrogens with one attached hydrogen (secondary N) is 2. The van der Waals surface area contributed by atoms with Gasteiger partial charge >= 0.3 is 0 Å². The van der Waals surface area contributed by atoms with E-state index in [1.165, 1.54) is 22.5 Å². The maximum Gasteiger partial charge on any atom is 0.115 e. The second kappa shape index (κ2) is 5.41. The number of H-pyrrole nitrogens is 2. The Labute approximate surface area is 131 Å². The van der Waals surface area contributed by atoms with E-state index < -0.39 is 0 Å². The summed E-state index contributed by atoms with van der Waals surface area (Å²) in [6.07, 6.45) is 0. The molecule has 0 unspecified atom stereocenters. The second-order valence-corrected chi connectivity index (χ2v) is 6.12. The predicted octanol–water partition coefficient (Wildman–Crippen LogP) is 4.46. The molecule has 3 rings (SSSR count). The van der Waals surface area contributed by atoms with Crippen molar-refractivity contribution in [3.63, 3.8) is 0 Å². The van der Waals surface area contributed by atoms with Gasteiger partial charge in [-0.1, -0.05) is 12.1 Å². The first-order valence-corrected chi connectivity index (χ1v) is 7.57. The Kier molecular flexibility index (Phi) is 3.57. The summed E-state index contributed by atoms with van der Waals surface area (Å²) in [5, 5.41) is 9.58. The monoisotopic (exact) mass is 294 g/mol. The summed E-state index contributed by atoms with van der Waals surface area (Å²) < 4.78 is 0. The fraction of sp³-hybridized carbons (Fsp3) is 0.263. The average Bonchev–Trinajstić information content (AvgIpc) is 2.95. The van der Waals surface area contributed by atoms with Crippen LogP contribution in [0.5, 0.6) is 5.75 Å². The van der Waals surface area contributed by atoms with Crippen LogP contribution in [-0.2, 0) is 0 Å². The molecule has 3 nitrogen and oxygen atoms in total. The third-order valence-electron chi connectivity index (χ3n) is 4.18.